The number of rotatable bonds is 6. The molecule has 0 bridgehead atoms. The van der Waals surface area contributed by atoms with Gasteiger partial charge in [0.25, 0.3) is 0 Å². The number of carboxylic acid groups (broad SMARTS) is 1. The van der Waals surface area contributed by atoms with Crippen molar-refractivity contribution in [3.63, 3.8) is 0 Å². The highest BCUT2D eigenvalue weighted by molar-refractivity contribution is 5.71. The Labute approximate surface area is 102 Å². The molecule has 4 nitrogen and oxygen atoms in total. The Balaban J connectivity index is 3.20. The zero-order chi connectivity index (χ0) is 12.8. The SMILES string of the molecule is CCCc1nc(CC)c(CC(=O)O)c(CC)n1. The van der Waals surface area contributed by atoms with E-state index in [-0.39, 0.29) is 6.42 Å². The first-order valence-corrected chi connectivity index (χ1v) is 6.21. The summed E-state index contributed by atoms with van der Waals surface area (Å²) in [5.41, 5.74) is 2.59. The van der Waals surface area contributed by atoms with Crippen LogP contribution < -0.4 is 0 Å². The van der Waals surface area contributed by atoms with Crippen molar-refractivity contribution in [2.75, 3.05) is 0 Å². The van der Waals surface area contributed by atoms with Crippen LogP contribution in [0.1, 0.15) is 50.0 Å². The molecule has 0 fully saturated rings. The predicted molar refractivity (Wildman–Crippen MR) is 66.1 cm³/mol. The molecule has 0 aromatic carbocycles. The van der Waals surface area contributed by atoms with E-state index in [0.29, 0.717) is 0 Å². The molecule has 0 amide bonds. The molecular weight excluding hydrogens is 216 g/mol. The van der Waals surface area contributed by atoms with Crippen molar-refractivity contribution in [3.8, 4) is 0 Å². The third kappa shape index (κ3) is 3.51. The summed E-state index contributed by atoms with van der Waals surface area (Å²) in [6.07, 6.45) is 3.40. The summed E-state index contributed by atoms with van der Waals surface area (Å²) in [5.74, 6) is 0.0246. The summed E-state index contributed by atoms with van der Waals surface area (Å²) in [7, 11) is 0. The first-order valence-electron chi connectivity index (χ1n) is 6.21. The number of hydrogen-bond acceptors (Lipinski definition) is 3. The Morgan fingerprint density at radius 1 is 1.12 bits per heavy atom. The van der Waals surface area contributed by atoms with Crippen molar-refractivity contribution in [1.82, 2.24) is 9.97 Å². The molecule has 0 aliphatic rings. The molecule has 0 atom stereocenters. The highest BCUT2D eigenvalue weighted by Crippen LogP contribution is 2.15. The van der Waals surface area contributed by atoms with E-state index in [9.17, 15) is 4.79 Å². The van der Waals surface area contributed by atoms with Gasteiger partial charge in [-0.2, -0.15) is 0 Å². The maximum atomic E-state index is 10.9. The summed E-state index contributed by atoms with van der Waals surface area (Å²) in [6, 6.07) is 0. The molecule has 0 aliphatic carbocycles. The van der Waals surface area contributed by atoms with Gasteiger partial charge in [0.2, 0.25) is 0 Å². The Morgan fingerprint density at radius 3 is 2.00 bits per heavy atom. The average Bonchev–Trinajstić information content (AvgIpc) is 2.30. The number of hydrogen-bond donors (Lipinski definition) is 1. The van der Waals surface area contributed by atoms with E-state index in [0.717, 1.165) is 48.5 Å². The molecule has 1 heterocycles. The van der Waals surface area contributed by atoms with E-state index in [2.05, 4.69) is 16.9 Å². The zero-order valence-corrected chi connectivity index (χ0v) is 10.8. The van der Waals surface area contributed by atoms with Crippen LogP contribution in [-0.2, 0) is 30.5 Å². The van der Waals surface area contributed by atoms with Crippen molar-refractivity contribution in [1.29, 1.82) is 0 Å². The second-order valence-corrected chi connectivity index (χ2v) is 4.04. The maximum Gasteiger partial charge on any atom is 0.307 e. The third-order valence-electron chi connectivity index (χ3n) is 2.70. The number of aliphatic carboxylic acids is 1. The molecule has 1 aromatic heterocycles. The van der Waals surface area contributed by atoms with E-state index in [1.54, 1.807) is 0 Å². The van der Waals surface area contributed by atoms with Gasteiger partial charge in [0.1, 0.15) is 5.82 Å². The summed E-state index contributed by atoms with van der Waals surface area (Å²) in [6.45, 7) is 6.09. The second kappa shape index (κ2) is 6.33. The molecule has 1 aromatic rings. The van der Waals surface area contributed by atoms with Crippen LogP contribution >= 0.6 is 0 Å². The van der Waals surface area contributed by atoms with E-state index < -0.39 is 5.97 Å². The van der Waals surface area contributed by atoms with Crippen molar-refractivity contribution in [3.05, 3.63) is 22.8 Å². The quantitative estimate of drug-likeness (QED) is 0.822. The topological polar surface area (TPSA) is 63.1 Å². The molecule has 0 unspecified atom stereocenters. The fourth-order valence-corrected chi connectivity index (χ4v) is 1.91. The van der Waals surface area contributed by atoms with Gasteiger partial charge in [-0.15, -0.1) is 0 Å². The lowest BCUT2D eigenvalue weighted by Crippen LogP contribution is -2.13. The first kappa shape index (κ1) is 13.6. The van der Waals surface area contributed by atoms with Crippen molar-refractivity contribution in [2.45, 2.75) is 52.9 Å². The predicted octanol–water partition coefficient (Wildman–Crippen LogP) is 2.18. The lowest BCUT2D eigenvalue weighted by Gasteiger charge is -2.12. The Hall–Kier alpha value is -1.45. The molecule has 0 spiro atoms. The molecule has 17 heavy (non-hydrogen) atoms. The molecule has 94 valence electrons. The minimum absolute atomic E-state index is 0.0265. The van der Waals surface area contributed by atoms with Crippen molar-refractivity contribution >= 4 is 5.97 Å². The van der Waals surface area contributed by atoms with Gasteiger partial charge in [-0.1, -0.05) is 20.8 Å². The smallest absolute Gasteiger partial charge is 0.307 e. The highest BCUT2D eigenvalue weighted by Gasteiger charge is 2.14. The summed E-state index contributed by atoms with van der Waals surface area (Å²) in [5, 5.41) is 8.92. The fourth-order valence-electron chi connectivity index (χ4n) is 1.91. The Bertz CT molecular complexity index is 377. The Morgan fingerprint density at radius 2 is 1.65 bits per heavy atom. The summed E-state index contributed by atoms with van der Waals surface area (Å²) in [4.78, 5) is 19.8. The lowest BCUT2D eigenvalue weighted by atomic mass is 10.0. The lowest BCUT2D eigenvalue weighted by molar-refractivity contribution is -0.136. The molecule has 1 N–H and O–H groups in total. The maximum absolute atomic E-state index is 10.9. The highest BCUT2D eigenvalue weighted by atomic mass is 16.4. The molecule has 0 radical (unpaired) electrons. The van der Waals surface area contributed by atoms with Gasteiger partial charge in [-0.05, 0) is 19.3 Å². The third-order valence-corrected chi connectivity index (χ3v) is 2.70. The average molecular weight is 236 g/mol. The molecule has 0 saturated carbocycles. The van der Waals surface area contributed by atoms with Gasteiger partial charge in [-0.25, -0.2) is 9.97 Å². The van der Waals surface area contributed by atoms with E-state index in [4.69, 9.17) is 5.11 Å². The molecule has 0 saturated heterocycles. The largest absolute Gasteiger partial charge is 0.481 e. The van der Waals surface area contributed by atoms with Crippen LogP contribution in [0.4, 0.5) is 0 Å². The van der Waals surface area contributed by atoms with Crippen LogP contribution in [0, 0.1) is 0 Å². The van der Waals surface area contributed by atoms with Crippen LogP contribution in [0.15, 0.2) is 0 Å². The van der Waals surface area contributed by atoms with Gasteiger partial charge in [0, 0.05) is 23.4 Å². The van der Waals surface area contributed by atoms with Gasteiger partial charge in [-0.3, -0.25) is 4.79 Å². The zero-order valence-electron chi connectivity index (χ0n) is 10.8. The van der Waals surface area contributed by atoms with Gasteiger partial charge in [0.05, 0.1) is 6.42 Å². The fraction of sp³-hybridized carbons (Fsp3) is 0.615. The Kier molecular flexibility index (Phi) is 5.07. The molecule has 4 heteroatoms. The van der Waals surface area contributed by atoms with Crippen molar-refractivity contribution in [2.24, 2.45) is 0 Å². The molecular formula is C13H20N2O2. The molecule has 0 aliphatic heterocycles. The normalized spacial score (nSPS) is 10.5. The van der Waals surface area contributed by atoms with Crippen LogP contribution in [-0.4, -0.2) is 21.0 Å². The second-order valence-electron chi connectivity index (χ2n) is 4.04. The number of carbonyl (C=O) groups is 1. The minimum Gasteiger partial charge on any atom is -0.481 e. The summed E-state index contributed by atoms with van der Waals surface area (Å²) >= 11 is 0. The molecule has 1 rings (SSSR count). The van der Waals surface area contributed by atoms with Crippen LogP contribution in [0.5, 0.6) is 0 Å². The monoisotopic (exact) mass is 236 g/mol. The van der Waals surface area contributed by atoms with Gasteiger partial charge in [0.15, 0.2) is 0 Å². The summed E-state index contributed by atoms with van der Waals surface area (Å²) < 4.78 is 0. The van der Waals surface area contributed by atoms with E-state index >= 15 is 0 Å². The standard InChI is InChI=1S/C13H20N2O2/c1-4-7-12-14-10(5-2)9(8-13(16)17)11(6-3)15-12/h4-8H2,1-3H3,(H,16,17). The van der Waals surface area contributed by atoms with Crippen molar-refractivity contribution < 1.29 is 9.90 Å². The number of aryl methyl sites for hydroxylation is 3. The number of aromatic nitrogens is 2. The van der Waals surface area contributed by atoms with Gasteiger partial charge < -0.3 is 5.11 Å². The van der Waals surface area contributed by atoms with Crippen LogP contribution in [0.3, 0.4) is 0 Å². The van der Waals surface area contributed by atoms with E-state index in [1.807, 2.05) is 13.8 Å². The van der Waals surface area contributed by atoms with Gasteiger partial charge >= 0.3 is 5.97 Å². The minimum atomic E-state index is -0.818. The number of nitrogens with zero attached hydrogens (tertiary/aromatic N) is 2. The first-order chi connectivity index (χ1) is 8.12. The van der Waals surface area contributed by atoms with Crippen LogP contribution in [0.25, 0.3) is 0 Å². The number of carboxylic acids is 1. The van der Waals surface area contributed by atoms with Crippen LogP contribution in [0.2, 0.25) is 0 Å². The van der Waals surface area contributed by atoms with E-state index in [1.165, 1.54) is 0 Å².